The van der Waals surface area contributed by atoms with Crippen LogP contribution in [-0.4, -0.2) is 116 Å². The smallest absolute Gasteiger partial charge is 0.407 e. The number of hydrogen-bond acceptors (Lipinski definition) is 13. The maximum absolute atomic E-state index is 14.7. The molecule has 0 aromatic heterocycles. The minimum atomic E-state index is -2.28. The summed E-state index contributed by atoms with van der Waals surface area (Å²) >= 11 is 0. The first-order chi connectivity index (χ1) is 25.3. The fourth-order valence-electron chi connectivity index (χ4n) is 9.85. The Morgan fingerprint density at radius 1 is 0.946 bits per heavy atom. The van der Waals surface area contributed by atoms with Gasteiger partial charge in [0.05, 0.1) is 35.8 Å². The van der Waals surface area contributed by atoms with Gasteiger partial charge in [0, 0.05) is 112 Å². The van der Waals surface area contributed by atoms with E-state index in [2.05, 4.69) is 5.32 Å². The molecule has 1 amide bonds. The number of carbonyl (C=O) groups is 4. The molecule has 6 N–H and O–H groups in total. The number of carbonyl (C=O) groups excluding carboxylic acids is 4. The maximum Gasteiger partial charge on any atom is 0.407 e. The SMILES string of the molecule is CC1=C2[C@@H](O)C(=O)[C@@]3(C)[C@H]([C@H](OC(=O)c4ccccc4)[C@](O)(CC1OC(=O)[C@H](O)[C@@H](NC(=O)OC1CCCCC1)C(C)C)C2(C)C)[C@]1(O)CO[C@@H]1C[C@@H]3O.[Ac].[Ac]. The monoisotopic (exact) mass is 1210 g/mol. The van der Waals surface area contributed by atoms with Gasteiger partial charge in [-0.2, -0.15) is 0 Å². The number of aliphatic hydroxyl groups is 5. The molecular weight excluding hydrogens is 1160 g/mol. The first-order valence-electron chi connectivity index (χ1n) is 19.1. The topological polar surface area (TPSA) is 218 Å². The van der Waals surface area contributed by atoms with Crippen molar-refractivity contribution in [3.8, 4) is 0 Å². The molecule has 1 aliphatic heterocycles. The van der Waals surface area contributed by atoms with Gasteiger partial charge < -0.3 is 49.8 Å². The van der Waals surface area contributed by atoms with Gasteiger partial charge in [0.25, 0.3) is 0 Å². The first-order valence-corrected chi connectivity index (χ1v) is 19.1. The van der Waals surface area contributed by atoms with E-state index in [0.29, 0.717) is 0 Å². The Morgan fingerprint density at radius 2 is 1.57 bits per heavy atom. The van der Waals surface area contributed by atoms with E-state index < -0.39 is 107 Å². The molecule has 6 rings (SSSR count). The van der Waals surface area contributed by atoms with E-state index in [1.807, 2.05) is 0 Å². The Balaban J connectivity index is 0.00000348. The zero-order valence-electron chi connectivity index (χ0n) is 33.0. The third kappa shape index (κ3) is 8.27. The summed E-state index contributed by atoms with van der Waals surface area (Å²) in [5, 5.41) is 63.0. The number of alkyl carbamates (subject to hydrolysis) is 1. The number of rotatable bonds is 8. The fourth-order valence-corrected chi connectivity index (χ4v) is 9.85. The molecule has 1 saturated heterocycles. The van der Waals surface area contributed by atoms with Gasteiger partial charge in [0.15, 0.2) is 11.9 Å². The number of hydrogen-bond donors (Lipinski definition) is 6. The zero-order valence-corrected chi connectivity index (χ0v) is 42.5. The molecule has 4 fully saturated rings. The third-order valence-corrected chi connectivity index (χ3v) is 13.3. The van der Waals surface area contributed by atoms with Crippen LogP contribution in [0.4, 0.5) is 4.79 Å². The molecule has 4 aliphatic carbocycles. The predicted molar refractivity (Wildman–Crippen MR) is 191 cm³/mol. The molecule has 1 aromatic carbocycles. The fraction of sp³-hybridized carbons (Fsp3) is 0.700. The minimum Gasteiger partial charge on any atom is -0.456 e. The van der Waals surface area contributed by atoms with Crippen LogP contribution in [0.5, 0.6) is 0 Å². The largest absolute Gasteiger partial charge is 0.456 e. The molecule has 2 radical (unpaired) electrons. The van der Waals surface area contributed by atoms with E-state index in [0.717, 1.165) is 32.1 Å². The van der Waals surface area contributed by atoms with Gasteiger partial charge in [-0.15, -0.1) is 0 Å². The first kappa shape index (κ1) is 48.2. The van der Waals surface area contributed by atoms with Crippen molar-refractivity contribution in [3.63, 3.8) is 0 Å². The quantitative estimate of drug-likeness (QED) is 0.126. The molecule has 5 aliphatic rings. The molecule has 2 bridgehead atoms. The van der Waals surface area contributed by atoms with Gasteiger partial charge in [0.2, 0.25) is 0 Å². The molecule has 0 spiro atoms. The molecule has 1 aromatic rings. The van der Waals surface area contributed by atoms with Gasteiger partial charge in [-0.25, -0.2) is 14.4 Å². The van der Waals surface area contributed by atoms with Gasteiger partial charge in [-0.05, 0) is 68.7 Å². The number of nitrogens with one attached hydrogen (secondary N) is 1. The Hall–Kier alpha value is -0.517. The number of amides is 1. The summed E-state index contributed by atoms with van der Waals surface area (Å²) in [5.41, 5.74) is -7.37. The van der Waals surface area contributed by atoms with Crippen molar-refractivity contribution in [3.05, 3.63) is 47.0 Å². The molecule has 16 heteroatoms. The third-order valence-electron chi connectivity index (χ3n) is 13.3. The van der Waals surface area contributed by atoms with Gasteiger partial charge in [-0.1, -0.05) is 52.3 Å². The second kappa shape index (κ2) is 18.2. The standard InChI is InChI=1S/C40H55NO13.2Ac/c1-20(2)28(41-36(48)52-23-15-11-8-12-16-23)30(44)35(47)53-24-18-40(50)33(54-34(46)22-13-9-7-10-14-22)31-38(6,25(42)17-26-39(31,49)19-51-26)32(45)29(43)27(21(24)3)37(40,4)5;;/h7,9-10,13-14,20,23-26,28-31,33,42-44,49-50H,8,11-12,15-19H2,1-6H3,(H,41,48);;/t24?,25-,26+,28-,29+,30+,31-,33-,38+,39-,40+;;/m0../s1. The Bertz CT molecular complexity index is 1670. The number of benzene rings is 1. The van der Waals surface area contributed by atoms with Crippen LogP contribution in [0, 0.1) is 111 Å². The van der Waals surface area contributed by atoms with Crippen molar-refractivity contribution in [1.29, 1.82) is 0 Å². The number of esters is 2. The van der Waals surface area contributed by atoms with Crippen molar-refractivity contribution in [2.75, 3.05) is 6.61 Å². The summed E-state index contributed by atoms with van der Waals surface area (Å²) in [6.45, 7) is 9.15. The van der Waals surface area contributed by atoms with Gasteiger partial charge >= 0.3 is 18.0 Å². The average molecular weight is 1210 g/mol. The van der Waals surface area contributed by atoms with E-state index in [-0.39, 0.29) is 124 Å². The summed E-state index contributed by atoms with van der Waals surface area (Å²) in [5.74, 6) is -4.88. The second-order valence-corrected chi connectivity index (χ2v) is 17.1. The molecule has 14 nitrogen and oxygen atoms in total. The van der Waals surface area contributed by atoms with Crippen LogP contribution in [0.1, 0.15) is 96.8 Å². The van der Waals surface area contributed by atoms with Crippen molar-refractivity contribution in [2.45, 2.75) is 146 Å². The number of ether oxygens (including phenoxy) is 4. The Morgan fingerprint density at radius 3 is 2.14 bits per heavy atom. The van der Waals surface area contributed by atoms with Crippen LogP contribution in [0.15, 0.2) is 41.5 Å². The number of Topliss-reactive ketones (excluding diaryl/α,β-unsaturated/α-hetero) is 1. The van der Waals surface area contributed by atoms with E-state index in [1.54, 1.807) is 45.9 Å². The average Bonchev–Trinajstić information content (AvgIpc) is 3.12. The van der Waals surface area contributed by atoms with Gasteiger partial charge in [-0.3, -0.25) is 4.79 Å². The summed E-state index contributed by atoms with van der Waals surface area (Å²) in [6.07, 6.45) is -6.72. The maximum atomic E-state index is 14.7. The summed E-state index contributed by atoms with van der Waals surface area (Å²) < 4.78 is 23.3. The number of aliphatic hydroxyl groups excluding tert-OH is 3. The van der Waals surface area contributed by atoms with Crippen LogP contribution in [0.2, 0.25) is 0 Å². The molecule has 3 saturated carbocycles. The Labute approximate surface area is 399 Å². The van der Waals surface area contributed by atoms with E-state index >= 15 is 0 Å². The van der Waals surface area contributed by atoms with Crippen molar-refractivity contribution in [2.24, 2.45) is 22.7 Å². The summed E-state index contributed by atoms with van der Waals surface area (Å²) in [4.78, 5) is 55.2. The predicted octanol–water partition coefficient (Wildman–Crippen LogP) is 2.51. The van der Waals surface area contributed by atoms with E-state index in [9.17, 15) is 44.7 Å². The van der Waals surface area contributed by atoms with Crippen LogP contribution in [-0.2, 0) is 28.5 Å². The number of fused-ring (bicyclic) bond motifs is 5. The number of ketones is 1. The second-order valence-electron chi connectivity index (χ2n) is 17.1. The Kier molecular flexibility index (Phi) is 15.7. The van der Waals surface area contributed by atoms with Crippen LogP contribution >= 0.6 is 0 Å². The molecule has 56 heavy (non-hydrogen) atoms. The van der Waals surface area contributed by atoms with Crippen LogP contribution in [0.25, 0.3) is 0 Å². The molecule has 1 heterocycles. The zero-order chi connectivity index (χ0) is 39.5. The minimum absolute atomic E-state index is 0. The van der Waals surface area contributed by atoms with Gasteiger partial charge in [0.1, 0.15) is 35.6 Å². The van der Waals surface area contributed by atoms with E-state index in [1.165, 1.54) is 26.0 Å². The molecular formula is C40H55Ac2NO13. The van der Waals surface area contributed by atoms with Crippen molar-refractivity contribution >= 4 is 23.8 Å². The van der Waals surface area contributed by atoms with Crippen LogP contribution < -0.4 is 5.32 Å². The van der Waals surface area contributed by atoms with Crippen molar-refractivity contribution < 1.29 is 152 Å². The normalized spacial score (nSPS) is 36.0. The summed E-state index contributed by atoms with van der Waals surface area (Å²) in [7, 11) is 0. The van der Waals surface area contributed by atoms with Crippen LogP contribution in [0.3, 0.4) is 0 Å². The van der Waals surface area contributed by atoms with Crippen molar-refractivity contribution in [1.82, 2.24) is 5.32 Å². The molecule has 1 unspecified atom stereocenters. The van der Waals surface area contributed by atoms with E-state index in [4.69, 9.17) is 18.9 Å². The molecule has 304 valence electrons. The summed E-state index contributed by atoms with van der Waals surface area (Å²) in [6, 6.07) is 6.80. The molecule has 11 atom stereocenters.